The van der Waals surface area contributed by atoms with E-state index >= 15 is 0 Å². The van der Waals surface area contributed by atoms with Crippen LogP contribution < -0.4 is 4.31 Å². The molecule has 1 saturated heterocycles. The number of rotatable bonds is 6. The van der Waals surface area contributed by atoms with Crippen LogP contribution in [0.4, 0.5) is 10.1 Å². The smallest absolute Gasteiger partial charge is 0.246 e. The maximum Gasteiger partial charge on any atom is 0.246 e. The summed E-state index contributed by atoms with van der Waals surface area (Å²) in [5.74, 6) is -0.829. The zero-order valence-corrected chi connectivity index (χ0v) is 17.5. The average Bonchev–Trinajstić information content (AvgIpc) is 2.68. The van der Waals surface area contributed by atoms with Crippen molar-refractivity contribution in [3.63, 3.8) is 0 Å². The molecule has 29 heavy (non-hydrogen) atoms. The van der Waals surface area contributed by atoms with E-state index < -0.39 is 21.9 Å². The number of halogens is 1. The topological polar surface area (TPSA) is 60.9 Å². The summed E-state index contributed by atoms with van der Waals surface area (Å²) in [6.07, 6.45) is 1.03. The van der Waals surface area contributed by atoms with E-state index in [1.807, 2.05) is 18.2 Å². The van der Waals surface area contributed by atoms with Crippen LogP contribution in [0.1, 0.15) is 12.5 Å². The first-order chi connectivity index (χ1) is 13.8. The summed E-state index contributed by atoms with van der Waals surface area (Å²) in [5.41, 5.74) is 1.37. The van der Waals surface area contributed by atoms with Crippen LogP contribution in [-0.4, -0.2) is 62.6 Å². The van der Waals surface area contributed by atoms with Crippen LogP contribution in [0.25, 0.3) is 0 Å². The van der Waals surface area contributed by atoms with Crippen molar-refractivity contribution in [2.75, 3.05) is 36.7 Å². The Balaban J connectivity index is 1.67. The average molecular weight is 420 g/mol. The summed E-state index contributed by atoms with van der Waals surface area (Å²) in [5, 5.41) is 0. The van der Waals surface area contributed by atoms with Crippen LogP contribution >= 0.6 is 0 Å². The van der Waals surface area contributed by atoms with Crippen LogP contribution in [-0.2, 0) is 21.4 Å². The van der Waals surface area contributed by atoms with Gasteiger partial charge in [0.15, 0.2) is 0 Å². The van der Waals surface area contributed by atoms with Gasteiger partial charge in [-0.25, -0.2) is 12.8 Å². The molecule has 1 heterocycles. The Labute approximate surface area is 171 Å². The molecule has 8 heteroatoms. The molecule has 0 aromatic heterocycles. The number of hydrogen-bond acceptors (Lipinski definition) is 4. The van der Waals surface area contributed by atoms with E-state index in [1.54, 1.807) is 11.8 Å². The van der Waals surface area contributed by atoms with E-state index in [0.29, 0.717) is 26.2 Å². The molecule has 0 saturated carbocycles. The van der Waals surface area contributed by atoms with Gasteiger partial charge in [-0.15, -0.1) is 0 Å². The second-order valence-corrected chi connectivity index (χ2v) is 9.16. The zero-order chi connectivity index (χ0) is 21.0. The minimum atomic E-state index is -3.76. The molecule has 1 atom stereocenters. The fourth-order valence-electron chi connectivity index (χ4n) is 3.65. The van der Waals surface area contributed by atoms with Crippen LogP contribution in [0.5, 0.6) is 0 Å². The van der Waals surface area contributed by atoms with Gasteiger partial charge >= 0.3 is 0 Å². The van der Waals surface area contributed by atoms with Crippen LogP contribution in [0.3, 0.4) is 0 Å². The summed E-state index contributed by atoms with van der Waals surface area (Å²) in [7, 11) is -3.76. The molecule has 6 nitrogen and oxygen atoms in total. The minimum Gasteiger partial charge on any atom is -0.338 e. The first kappa shape index (κ1) is 21.3. The second-order valence-electron chi connectivity index (χ2n) is 7.30. The molecular formula is C21H26FN3O3S. The Morgan fingerprint density at radius 2 is 1.72 bits per heavy atom. The molecule has 0 radical (unpaired) electrons. The zero-order valence-electron chi connectivity index (χ0n) is 16.7. The number of piperazine rings is 1. The Morgan fingerprint density at radius 1 is 1.07 bits per heavy atom. The van der Waals surface area contributed by atoms with E-state index in [1.165, 1.54) is 23.8 Å². The highest BCUT2D eigenvalue weighted by molar-refractivity contribution is 7.92. The van der Waals surface area contributed by atoms with Crippen molar-refractivity contribution in [3.05, 3.63) is 66.0 Å². The van der Waals surface area contributed by atoms with Crippen LogP contribution in [0, 0.1) is 5.82 Å². The van der Waals surface area contributed by atoms with Crippen molar-refractivity contribution >= 4 is 21.6 Å². The van der Waals surface area contributed by atoms with Gasteiger partial charge in [-0.2, -0.15) is 0 Å². The van der Waals surface area contributed by atoms with Crippen LogP contribution in [0.15, 0.2) is 54.6 Å². The number of hydrogen-bond donors (Lipinski definition) is 0. The number of benzene rings is 2. The normalized spacial score (nSPS) is 16.4. The fourth-order valence-corrected chi connectivity index (χ4v) is 4.81. The van der Waals surface area contributed by atoms with Crippen molar-refractivity contribution in [2.24, 2.45) is 0 Å². The highest BCUT2D eigenvalue weighted by atomic mass is 32.2. The van der Waals surface area contributed by atoms with Gasteiger partial charge in [-0.3, -0.25) is 14.0 Å². The second kappa shape index (κ2) is 8.92. The van der Waals surface area contributed by atoms with Crippen molar-refractivity contribution < 1.29 is 17.6 Å². The van der Waals surface area contributed by atoms with E-state index in [9.17, 15) is 17.6 Å². The third kappa shape index (κ3) is 5.33. The number of nitrogens with zero attached hydrogens (tertiary/aromatic N) is 3. The molecule has 0 N–H and O–H groups in total. The quantitative estimate of drug-likeness (QED) is 0.721. The number of sulfonamides is 1. The van der Waals surface area contributed by atoms with Crippen molar-refractivity contribution in [1.82, 2.24) is 9.80 Å². The van der Waals surface area contributed by atoms with Gasteiger partial charge in [0.1, 0.15) is 11.9 Å². The van der Waals surface area contributed by atoms with Gasteiger partial charge in [0.25, 0.3) is 0 Å². The van der Waals surface area contributed by atoms with Gasteiger partial charge in [-0.05, 0) is 30.7 Å². The number of anilines is 1. The molecule has 1 fully saturated rings. The third-order valence-electron chi connectivity index (χ3n) is 5.06. The summed E-state index contributed by atoms with van der Waals surface area (Å²) in [6.45, 7) is 4.84. The minimum absolute atomic E-state index is 0.149. The molecule has 1 aliphatic rings. The Bertz CT molecular complexity index is 945. The van der Waals surface area contributed by atoms with Gasteiger partial charge in [0.2, 0.25) is 15.9 Å². The SMILES string of the molecule is C[C@@H](C(=O)N1CCN(Cc2ccccc2)CC1)N(c1cccc(F)c1)S(C)(=O)=O. The lowest BCUT2D eigenvalue weighted by Crippen LogP contribution is -2.55. The monoisotopic (exact) mass is 419 g/mol. The van der Waals surface area contributed by atoms with Gasteiger partial charge < -0.3 is 4.90 Å². The summed E-state index contributed by atoms with van der Waals surface area (Å²) >= 11 is 0. The Kier molecular flexibility index (Phi) is 6.54. The van der Waals surface area contributed by atoms with E-state index in [4.69, 9.17) is 0 Å². The molecule has 3 rings (SSSR count). The molecule has 0 bridgehead atoms. The van der Waals surface area contributed by atoms with E-state index in [0.717, 1.165) is 23.2 Å². The molecule has 0 aliphatic carbocycles. The van der Waals surface area contributed by atoms with E-state index in [2.05, 4.69) is 17.0 Å². The molecular weight excluding hydrogens is 393 g/mol. The molecule has 156 valence electrons. The molecule has 1 aliphatic heterocycles. The first-order valence-corrected chi connectivity index (χ1v) is 11.4. The van der Waals surface area contributed by atoms with Gasteiger partial charge in [0.05, 0.1) is 11.9 Å². The lowest BCUT2D eigenvalue weighted by molar-refractivity contribution is -0.133. The summed E-state index contributed by atoms with van der Waals surface area (Å²) in [6, 6.07) is 14.5. The van der Waals surface area contributed by atoms with E-state index in [-0.39, 0.29) is 11.6 Å². The van der Waals surface area contributed by atoms with Gasteiger partial charge in [0, 0.05) is 32.7 Å². The maximum atomic E-state index is 13.6. The van der Waals surface area contributed by atoms with Gasteiger partial charge in [-0.1, -0.05) is 36.4 Å². The standard InChI is InChI=1S/C21H26FN3O3S/c1-17(25(29(2,27)28)20-10-6-9-19(22)15-20)21(26)24-13-11-23(12-14-24)16-18-7-4-3-5-8-18/h3-10,15,17H,11-14,16H2,1-2H3/t17-/m0/s1. The lowest BCUT2D eigenvalue weighted by atomic mass is 10.2. The molecule has 0 spiro atoms. The number of carbonyl (C=O) groups is 1. The molecule has 1 amide bonds. The van der Waals surface area contributed by atoms with Crippen molar-refractivity contribution in [2.45, 2.75) is 19.5 Å². The van der Waals surface area contributed by atoms with Crippen molar-refractivity contribution in [3.8, 4) is 0 Å². The predicted molar refractivity (Wildman–Crippen MR) is 111 cm³/mol. The van der Waals surface area contributed by atoms with Crippen molar-refractivity contribution in [1.29, 1.82) is 0 Å². The van der Waals surface area contributed by atoms with Crippen LogP contribution in [0.2, 0.25) is 0 Å². The first-order valence-electron chi connectivity index (χ1n) is 9.56. The molecule has 0 unspecified atom stereocenters. The summed E-state index contributed by atoms with van der Waals surface area (Å²) < 4.78 is 39.3. The fraction of sp³-hybridized carbons (Fsp3) is 0.381. The Morgan fingerprint density at radius 3 is 2.31 bits per heavy atom. The molecule has 2 aromatic rings. The number of amides is 1. The molecule has 2 aromatic carbocycles. The lowest BCUT2D eigenvalue weighted by Gasteiger charge is -2.38. The number of carbonyl (C=O) groups excluding carboxylic acids is 1. The maximum absolute atomic E-state index is 13.6. The third-order valence-corrected chi connectivity index (χ3v) is 6.30. The highest BCUT2D eigenvalue weighted by Gasteiger charge is 2.33. The highest BCUT2D eigenvalue weighted by Crippen LogP contribution is 2.23. The largest absolute Gasteiger partial charge is 0.338 e. The Hall–Kier alpha value is -2.45. The predicted octanol–water partition coefficient (Wildman–Crippen LogP) is 2.32. The summed E-state index contributed by atoms with van der Waals surface area (Å²) in [4.78, 5) is 17.0.